The van der Waals surface area contributed by atoms with E-state index in [2.05, 4.69) is 67.1 Å². The number of anilines is 1. The van der Waals surface area contributed by atoms with Gasteiger partial charge in [-0.3, -0.25) is 4.98 Å². The minimum atomic E-state index is 0.440. The summed E-state index contributed by atoms with van der Waals surface area (Å²) in [5, 5.41) is 4.63. The molecule has 0 aliphatic heterocycles. The first-order chi connectivity index (χ1) is 8.52. The molecule has 0 bridgehead atoms. The number of benzene rings is 1. The molecule has 0 saturated carbocycles. The zero-order valence-electron chi connectivity index (χ0n) is 11.3. The molecule has 0 amide bonds. The van der Waals surface area contributed by atoms with Crippen molar-refractivity contribution in [2.24, 2.45) is 0 Å². The van der Waals surface area contributed by atoms with Crippen molar-refractivity contribution in [3.05, 3.63) is 33.9 Å². The second-order valence-electron chi connectivity index (χ2n) is 4.90. The summed E-state index contributed by atoms with van der Waals surface area (Å²) in [5.74, 6) is 0.440. The molecule has 3 heteroatoms. The predicted octanol–water partition coefficient (Wildman–Crippen LogP) is 4.86. The highest BCUT2D eigenvalue weighted by atomic mass is 79.9. The average Bonchev–Trinajstić information content (AvgIpc) is 2.29. The summed E-state index contributed by atoms with van der Waals surface area (Å²) < 4.78 is 1.10. The quantitative estimate of drug-likeness (QED) is 0.876. The van der Waals surface area contributed by atoms with Crippen LogP contribution >= 0.6 is 15.9 Å². The highest BCUT2D eigenvalue weighted by Gasteiger charge is 2.10. The van der Waals surface area contributed by atoms with Crippen LogP contribution in [0.2, 0.25) is 0 Å². The molecule has 0 aliphatic rings. The van der Waals surface area contributed by atoms with E-state index in [9.17, 15) is 0 Å². The third kappa shape index (κ3) is 2.51. The zero-order valence-corrected chi connectivity index (χ0v) is 12.9. The number of aryl methyl sites for hydroxylation is 1. The number of halogens is 1. The third-order valence-electron chi connectivity index (χ3n) is 3.05. The lowest BCUT2D eigenvalue weighted by atomic mass is 10.0. The lowest BCUT2D eigenvalue weighted by Gasteiger charge is -2.14. The summed E-state index contributed by atoms with van der Waals surface area (Å²) in [7, 11) is 0. The number of fused-ring (bicyclic) bond motifs is 1. The van der Waals surface area contributed by atoms with Crippen LogP contribution < -0.4 is 5.32 Å². The lowest BCUT2D eigenvalue weighted by molar-refractivity contribution is 0.829. The molecule has 0 radical (unpaired) electrons. The molecule has 96 valence electrons. The molecule has 1 N–H and O–H groups in total. The first kappa shape index (κ1) is 13.3. The Morgan fingerprint density at radius 2 is 2.00 bits per heavy atom. The van der Waals surface area contributed by atoms with Gasteiger partial charge >= 0.3 is 0 Å². The molecule has 0 saturated heterocycles. The monoisotopic (exact) mass is 306 g/mol. The van der Waals surface area contributed by atoms with Gasteiger partial charge in [-0.15, -0.1) is 0 Å². The molecule has 2 nitrogen and oxygen atoms in total. The smallest absolute Gasteiger partial charge is 0.0756 e. The summed E-state index contributed by atoms with van der Waals surface area (Å²) >= 11 is 3.56. The number of nitrogens with one attached hydrogen (secondary N) is 1. The molecule has 2 rings (SSSR count). The predicted molar refractivity (Wildman–Crippen MR) is 82.4 cm³/mol. The highest BCUT2D eigenvalue weighted by Crippen LogP contribution is 2.31. The summed E-state index contributed by atoms with van der Waals surface area (Å²) in [6, 6.07) is 6.43. The van der Waals surface area contributed by atoms with Gasteiger partial charge in [-0.2, -0.15) is 0 Å². The van der Waals surface area contributed by atoms with E-state index in [4.69, 9.17) is 4.98 Å². The molecule has 0 aliphatic carbocycles. The fraction of sp³-hybridized carbons (Fsp3) is 0.400. The number of rotatable bonds is 3. The summed E-state index contributed by atoms with van der Waals surface area (Å²) in [5.41, 5.74) is 4.63. The van der Waals surface area contributed by atoms with E-state index >= 15 is 0 Å². The van der Waals surface area contributed by atoms with Crippen molar-refractivity contribution in [2.45, 2.75) is 33.6 Å². The van der Waals surface area contributed by atoms with E-state index in [0.717, 1.165) is 22.2 Å². The average molecular weight is 307 g/mol. The Kier molecular flexibility index (Phi) is 3.91. The van der Waals surface area contributed by atoms with Gasteiger partial charge in [-0.1, -0.05) is 29.8 Å². The normalized spacial score (nSPS) is 11.2. The molecule has 0 atom stereocenters. The van der Waals surface area contributed by atoms with Crippen molar-refractivity contribution in [1.29, 1.82) is 0 Å². The Hall–Kier alpha value is -1.09. The number of aromatic nitrogens is 1. The van der Waals surface area contributed by atoms with E-state index in [0.29, 0.717) is 5.92 Å². The molecule has 0 fully saturated rings. The number of pyridine rings is 1. The van der Waals surface area contributed by atoms with Gasteiger partial charge < -0.3 is 5.32 Å². The number of nitrogens with zero attached hydrogens (tertiary/aromatic N) is 1. The summed E-state index contributed by atoms with van der Waals surface area (Å²) in [6.07, 6.45) is 0. The second-order valence-corrected chi connectivity index (χ2v) is 5.81. The minimum Gasteiger partial charge on any atom is -0.385 e. The maximum Gasteiger partial charge on any atom is 0.0756 e. The Bertz CT molecular complexity index is 576. The Morgan fingerprint density at radius 1 is 1.28 bits per heavy atom. The van der Waals surface area contributed by atoms with Gasteiger partial charge in [0.1, 0.15) is 0 Å². The van der Waals surface area contributed by atoms with Gasteiger partial charge in [-0.25, -0.2) is 0 Å². The first-order valence-electron chi connectivity index (χ1n) is 6.37. The van der Waals surface area contributed by atoms with E-state index in [1.54, 1.807) is 0 Å². The lowest BCUT2D eigenvalue weighted by Crippen LogP contribution is -2.02. The van der Waals surface area contributed by atoms with Crippen LogP contribution in [0, 0.1) is 6.92 Å². The zero-order chi connectivity index (χ0) is 13.3. The van der Waals surface area contributed by atoms with Crippen LogP contribution in [-0.4, -0.2) is 11.5 Å². The molecular formula is C15H19BrN2. The van der Waals surface area contributed by atoms with Gasteiger partial charge in [0.2, 0.25) is 0 Å². The van der Waals surface area contributed by atoms with Crippen LogP contribution in [-0.2, 0) is 0 Å². The Labute approximate surface area is 117 Å². The van der Waals surface area contributed by atoms with Crippen LogP contribution in [0.25, 0.3) is 10.9 Å². The minimum absolute atomic E-state index is 0.440. The second kappa shape index (κ2) is 5.27. The van der Waals surface area contributed by atoms with E-state index in [-0.39, 0.29) is 0 Å². The molecule has 0 unspecified atom stereocenters. The number of hydrogen-bond donors (Lipinski definition) is 1. The van der Waals surface area contributed by atoms with Crippen molar-refractivity contribution in [3.63, 3.8) is 0 Å². The maximum absolute atomic E-state index is 4.80. The van der Waals surface area contributed by atoms with Crippen molar-refractivity contribution in [3.8, 4) is 0 Å². The molecule has 1 aromatic heterocycles. The molecule has 18 heavy (non-hydrogen) atoms. The Balaban J connectivity index is 2.76. The molecular weight excluding hydrogens is 288 g/mol. The van der Waals surface area contributed by atoms with Gasteiger partial charge in [0.05, 0.1) is 5.52 Å². The fourth-order valence-electron chi connectivity index (χ4n) is 2.11. The van der Waals surface area contributed by atoms with Crippen molar-refractivity contribution >= 4 is 32.5 Å². The molecule has 1 aromatic carbocycles. The standard InChI is InChI=1S/C15H19BrN2/c1-5-17-14-8-13(9(2)3)18-15-10(4)6-11(16)7-12(14)15/h6-9H,5H2,1-4H3,(H,17,18). The topological polar surface area (TPSA) is 24.9 Å². The van der Waals surface area contributed by atoms with Crippen LogP contribution in [0.15, 0.2) is 22.7 Å². The van der Waals surface area contributed by atoms with Crippen LogP contribution in [0.4, 0.5) is 5.69 Å². The maximum atomic E-state index is 4.80. The van der Waals surface area contributed by atoms with Crippen molar-refractivity contribution < 1.29 is 0 Å². The SMILES string of the molecule is CCNc1cc(C(C)C)nc2c(C)cc(Br)cc12. The fourth-order valence-corrected chi connectivity index (χ4v) is 2.68. The highest BCUT2D eigenvalue weighted by molar-refractivity contribution is 9.10. The largest absolute Gasteiger partial charge is 0.385 e. The van der Waals surface area contributed by atoms with E-state index < -0.39 is 0 Å². The van der Waals surface area contributed by atoms with Gasteiger partial charge in [0, 0.05) is 27.8 Å². The Morgan fingerprint density at radius 3 is 2.61 bits per heavy atom. The van der Waals surface area contributed by atoms with Crippen LogP contribution in [0.1, 0.15) is 37.9 Å². The van der Waals surface area contributed by atoms with Crippen molar-refractivity contribution in [1.82, 2.24) is 4.98 Å². The van der Waals surface area contributed by atoms with Crippen LogP contribution in [0.5, 0.6) is 0 Å². The summed E-state index contributed by atoms with van der Waals surface area (Å²) in [4.78, 5) is 4.80. The molecule has 0 spiro atoms. The first-order valence-corrected chi connectivity index (χ1v) is 7.17. The number of hydrogen-bond acceptors (Lipinski definition) is 2. The van der Waals surface area contributed by atoms with E-state index in [1.807, 2.05) is 0 Å². The van der Waals surface area contributed by atoms with Gasteiger partial charge in [0.25, 0.3) is 0 Å². The molecule has 2 aromatic rings. The van der Waals surface area contributed by atoms with Gasteiger partial charge in [-0.05, 0) is 43.5 Å². The van der Waals surface area contributed by atoms with Gasteiger partial charge in [0.15, 0.2) is 0 Å². The third-order valence-corrected chi connectivity index (χ3v) is 3.51. The summed E-state index contributed by atoms with van der Waals surface area (Å²) in [6.45, 7) is 9.50. The van der Waals surface area contributed by atoms with Crippen molar-refractivity contribution in [2.75, 3.05) is 11.9 Å². The van der Waals surface area contributed by atoms with E-state index in [1.165, 1.54) is 16.6 Å². The van der Waals surface area contributed by atoms with Crippen LogP contribution in [0.3, 0.4) is 0 Å². The molecule has 1 heterocycles.